The molecular weight excluding hydrogens is 376 g/mol. The van der Waals surface area contributed by atoms with Gasteiger partial charge in [-0.2, -0.15) is 0 Å². The fourth-order valence-corrected chi connectivity index (χ4v) is 2.54. The van der Waals surface area contributed by atoms with Crippen molar-refractivity contribution >= 4 is 5.97 Å². The zero-order valence-corrected chi connectivity index (χ0v) is 18.8. The minimum Gasteiger partial charge on any atom is -0.463 e. The van der Waals surface area contributed by atoms with Gasteiger partial charge in [0.2, 0.25) is 0 Å². The smallest absolute Gasteiger partial charge is 0.305 e. The van der Waals surface area contributed by atoms with Crippen molar-refractivity contribution in [2.45, 2.75) is 65.2 Å². The number of rotatable bonds is 24. The monoisotopic (exact) mass is 420 g/mol. The predicted molar refractivity (Wildman–Crippen MR) is 113 cm³/mol. The van der Waals surface area contributed by atoms with Gasteiger partial charge in [-0.1, -0.05) is 45.4 Å². The summed E-state index contributed by atoms with van der Waals surface area (Å²) >= 11 is 0. The summed E-state index contributed by atoms with van der Waals surface area (Å²) in [5.41, 5.74) is 0. The summed E-state index contributed by atoms with van der Waals surface area (Å²) in [6.07, 6.45) is 8.90. The lowest BCUT2D eigenvalue weighted by atomic mass is 10.1. The summed E-state index contributed by atoms with van der Waals surface area (Å²) in [4.78, 5) is 11.6. The second-order valence-electron chi connectivity index (χ2n) is 6.74. The summed E-state index contributed by atoms with van der Waals surface area (Å²) < 4.78 is 31.8. The third-order valence-electron chi connectivity index (χ3n) is 4.17. The van der Waals surface area contributed by atoms with E-state index >= 15 is 0 Å². The molecule has 0 fully saturated rings. The Morgan fingerprint density at radius 2 is 0.931 bits per heavy atom. The van der Waals surface area contributed by atoms with E-state index in [0.29, 0.717) is 79.1 Å². The van der Waals surface area contributed by atoms with Crippen molar-refractivity contribution in [2.24, 2.45) is 0 Å². The average molecular weight is 421 g/mol. The molecule has 0 N–H and O–H groups in total. The molecule has 0 bridgehead atoms. The van der Waals surface area contributed by atoms with Crippen molar-refractivity contribution in [3.05, 3.63) is 0 Å². The first-order valence-electron chi connectivity index (χ1n) is 11.4. The Labute approximate surface area is 177 Å². The first-order valence-corrected chi connectivity index (χ1v) is 11.4. The van der Waals surface area contributed by atoms with E-state index in [0.717, 1.165) is 12.8 Å². The van der Waals surface area contributed by atoms with Crippen LogP contribution in [0.1, 0.15) is 65.2 Å². The lowest BCUT2D eigenvalue weighted by Crippen LogP contribution is -2.15. The van der Waals surface area contributed by atoms with Crippen LogP contribution in [0.15, 0.2) is 0 Å². The molecule has 0 rings (SSSR count). The molecule has 7 nitrogen and oxygen atoms in total. The van der Waals surface area contributed by atoms with Gasteiger partial charge in [0.25, 0.3) is 0 Å². The molecule has 0 aliphatic carbocycles. The highest BCUT2D eigenvalue weighted by molar-refractivity contribution is 5.69. The molecule has 0 unspecified atom stereocenters. The van der Waals surface area contributed by atoms with Crippen LogP contribution in [0.5, 0.6) is 0 Å². The Hall–Kier alpha value is -0.730. The molecule has 0 radical (unpaired) electrons. The van der Waals surface area contributed by atoms with E-state index in [1.165, 1.54) is 32.1 Å². The van der Waals surface area contributed by atoms with Gasteiger partial charge >= 0.3 is 5.97 Å². The molecule has 0 spiro atoms. The van der Waals surface area contributed by atoms with Crippen LogP contribution >= 0.6 is 0 Å². The second-order valence-corrected chi connectivity index (χ2v) is 6.74. The fourth-order valence-electron chi connectivity index (χ4n) is 2.54. The third kappa shape index (κ3) is 25.2. The van der Waals surface area contributed by atoms with Gasteiger partial charge in [0, 0.05) is 13.0 Å². The summed E-state index contributed by atoms with van der Waals surface area (Å²) in [6, 6.07) is 0. The van der Waals surface area contributed by atoms with Gasteiger partial charge in [-0.15, -0.1) is 0 Å². The number of hydrogen-bond donors (Lipinski definition) is 0. The summed E-state index contributed by atoms with van der Waals surface area (Å²) in [6.45, 7) is 9.97. The maximum Gasteiger partial charge on any atom is 0.305 e. The molecule has 7 heteroatoms. The van der Waals surface area contributed by atoms with Crippen molar-refractivity contribution in [3.63, 3.8) is 0 Å². The number of hydrogen-bond acceptors (Lipinski definition) is 7. The number of ether oxygens (including phenoxy) is 6. The van der Waals surface area contributed by atoms with E-state index < -0.39 is 0 Å². The van der Waals surface area contributed by atoms with E-state index in [-0.39, 0.29) is 5.97 Å². The van der Waals surface area contributed by atoms with E-state index in [9.17, 15) is 4.79 Å². The normalized spacial score (nSPS) is 11.1. The minimum absolute atomic E-state index is 0.127. The Morgan fingerprint density at radius 1 is 0.517 bits per heavy atom. The Balaban J connectivity index is 3.11. The summed E-state index contributed by atoms with van der Waals surface area (Å²) in [5.74, 6) is -0.127. The van der Waals surface area contributed by atoms with Crippen LogP contribution in [-0.4, -0.2) is 78.6 Å². The van der Waals surface area contributed by atoms with Crippen molar-refractivity contribution in [1.82, 2.24) is 0 Å². The lowest BCUT2D eigenvalue weighted by molar-refractivity contribution is -0.145. The molecule has 0 aliphatic heterocycles. The zero-order chi connectivity index (χ0) is 21.3. The zero-order valence-electron chi connectivity index (χ0n) is 18.8. The average Bonchev–Trinajstić information content (AvgIpc) is 2.72. The first-order chi connectivity index (χ1) is 14.3. The molecule has 0 amide bonds. The van der Waals surface area contributed by atoms with Crippen molar-refractivity contribution in [1.29, 1.82) is 0 Å². The van der Waals surface area contributed by atoms with Gasteiger partial charge < -0.3 is 28.4 Å². The molecular formula is C22H44O7. The molecule has 0 aliphatic rings. The maximum absolute atomic E-state index is 11.6. The second kappa shape index (κ2) is 25.3. The molecule has 0 saturated carbocycles. The Morgan fingerprint density at radius 3 is 1.41 bits per heavy atom. The van der Waals surface area contributed by atoms with Gasteiger partial charge in [-0.3, -0.25) is 4.79 Å². The lowest BCUT2D eigenvalue weighted by Gasteiger charge is -2.08. The SMILES string of the molecule is CCCCCCCCCC(=O)OCCOCCOCCOCCOCCOCC. The van der Waals surface area contributed by atoms with Crippen molar-refractivity contribution < 1.29 is 33.2 Å². The van der Waals surface area contributed by atoms with Gasteiger partial charge in [0.05, 0.1) is 59.5 Å². The predicted octanol–water partition coefficient (Wildman–Crippen LogP) is 3.77. The molecule has 0 aromatic carbocycles. The van der Waals surface area contributed by atoms with Crippen molar-refractivity contribution in [2.75, 3.05) is 72.7 Å². The molecule has 29 heavy (non-hydrogen) atoms. The third-order valence-corrected chi connectivity index (χ3v) is 4.17. The van der Waals surface area contributed by atoms with Crippen LogP contribution in [0.2, 0.25) is 0 Å². The maximum atomic E-state index is 11.6. The molecule has 174 valence electrons. The van der Waals surface area contributed by atoms with Crippen LogP contribution in [0.4, 0.5) is 0 Å². The standard InChI is InChI=1S/C22H44O7/c1-3-5-6-7-8-9-10-11-22(23)29-21-20-28-19-18-27-17-16-26-15-14-25-13-12-24-4-2/h3-21H2,1-2H3. The molecule has 0 heterocycles. The van der Waals surface area contributed by atoms with Gasteiger partial charge in [0.1, 0.15) is 6.61 Å². The quantitative estimate of drug-likeness (QED) is 0.174. The van der Waals surface area contributed by atoms with Gasteiger partial charge in [0.15, 0.2) is 0 Å². The molecule has 0 saturated heterocycles. The van der Waals surface area contributed by atoms with Gasteiger partial charge in [-0.05, 0) is 13.3 Å². The largest absolute Gasteiger partial charge is 0.463 e. The molecule has 0 atom stereocenters. The van der Waals surface area contributed by atoms with E-state index in [1.807, 2.05) is 6.92 Å². The van der Waals surface area contributed by atoms with E-state index in [1.54, 1.807) is 0 Å². The number of esters is 1. The first kappa shape index (κ1) is 28.3. The minimum atomic E-state index is -0.127. The highest BCUT2D eigenvalue weighted by Crippen LogP contribution is 2.08. The topological polar surface area (TPSA) is 72.5 Å². The van der Waals surface area contributed by atoms with Crippen LogP contribution in [0.3, 0.4) is 0 Å². The Bertz CT molecular complexity index is 326. The van der Waals surface area contributed by atoms with Crippen LogP contribution in [-0.2, 0) is 33.2 Å². The highest BCUT2D eigenvalue weighted by Gasteiger charge is 2.02. The summed E-state index contributed by atoms with van der Waals surface area (Å²) in [7, 11) is 0. The fraction of sp³-hybridized carbons (Fsp3) is 0.955. The van der Waals surface area contributed by atoms with Gasteiger partial charge in [-0.25, -0.2) is 0 Å². The van der Waals surface area contributed by atoms with Crippen molar-refractivity contribution in [3.8, 4) is 0 Å². The number of unbranched alkanes of at least 4 members (excludes halogenated alkanes) is 6. The van der Waals surface area contributed by atoms with Crippen LogP contribution in [0.25, 0.3) is 0 Å². The molecule has 0 aromatic heterocycles. The molecule has 0 aromatic rings. The highest BCUT2D eigenvalue weighted by atomic mass is 16.6. The van der Waals surface area contributed by atoms with Crippen LogP contribution in [0, 0.1) is 0 Å². The number of carbonyl (C=O) groups excluding carboxylic acids is 1. The van der Waals surface area contributed by atoms with Crippen LogP contribution < -0.4 is 0 Å². The number of carbonyl (C=O) groups is 1. The summed E-state index contributed by atoms with van der Waals surface area (Å²) in [5, 5.41) is 0. The van der Waals surface area contributed by atoms with E-state index in [2.05, 4.69) is 6.92 Å². The van der Waals surface area contributed by atoms with E-state index in [4.69, 9.17) is 28.4 Å². The Kier molecular flexibility index (Phi) is 24.7.